The number of rotatable bonds is 4. The Morgan fingerprint density at radius 1 is 1.50 bits per heavy atom. The highest BCUT2D eigenvalue weighted by Crippen LogP contribution is 2.39. The molecule has 128 valence electrons. The highest BCUT2D eigenvalue weighted by Gasteiger charge is 2.29. The summed E-state index contributed by atoms with van der Waals surface area (Å²) >= 11 is 1.64. The molecular weight excluding hydrogens is 324 g/mol. The topological polar surface area (TPSA) is 60.3 Å². The number of aryl methyl sites for hydroxylation is 2. The zero-order valence-electron chi connectivity index (χ0n) is 14.1. The molecule has 6 nitrogen and oxygen atoms in total. The summed E-state index contributed by atoms with van der Waals surface area (Å²) in [5.41, 5.74) is 3.35. The fraction of sp³-hybridized carbons (Fsp3) is 0.588. The van der Waals surface area contributed by atoms with Crippen LogP contribution < -0.4 is 4.90 Å². The van der Waals surface area contributed by atoms with E-state index in [1.807, 2.05) is 29.7 Å². The fourth-order valence-corrected chi connectivity index (χ4v) is 4.59. The van der Waals surface area contributed by atoms with E-state index in [-0.39, 0.29) is 12.0 Å². The van der Waals surface area contributed by atoms with Crippen LogP contribution in [-0.4, -0.2) is 39.9 Å². The average Bonchev–Trinajstić information content (AvgIpc) is 3.31. The van der Waals surface area contributed by atoms with Crippen molar-refractivity contribution in [2.75, 3.05) is 18.1 Å². The predicted octanol–water partition coefficient (Wildman–Crippen LogP) is 2.56. The number of carbonyl (C=O) groups is 1. The van der Waals surface area contributed by atoms with Crippen LogP contribution in [0.2, 0.25) is 0 Å². The molecule has 0 spiro atoms. The molecular formula is C17H22N4O2S. The zero-order chi connectivity index (χ0) is 16.7. The van der Waals surface area contributed by atoms with Crippen molar-refractivity contribution in [2.24, 2.45) is 7.05 Å². The van der Waals surface area contributed by atoms with Crippen molar-refractivity contribution in [2.45, 2.75) is 45.1 Å². The maximum absolute atomic E-state index is 12.5. The van der Waals surface area contributed by atoms with Crippen molar-refractivity contribution in [1.29, 1.82) is 0 Å². The minimum absolute atomic E-state index is 0.114. The van der Waals surface area contributed by atoms with E-state index in [0.29, 0.717) is 13.0 Å². The van der Waals surface area contributed by atoms with E-state index in [1.165, 1.54) is 10.6 Å². The second-order valence-electron chi connectivity index (χ2n) is 6.39. The van der Waals surface area contributed by atoms with Crippen LogP contribution in [0.1, 0.15) is 36.8 Å². The van der Waals surface area contributed by atoms with Gasteiger partial charge in [0.15, 0.2) is 5.13 Å². The minimum atomic E-state index is 0.114. The maximum Gasteiger partial charge on any atom is 0.228 e. The van der Waals surface area contributed by atoms with Crippen molar-refractivity contribution >= 4 is 22.4 Å². The first kappa shape index (κ1) is 15.8. The highest BCUT2D eigenvalue weighted by atomic mass is 32.1. The number of hydrogen-bond acceptors (Lipinski definition) is 5. The van der Waals surface area contributed by atoms with Crippen LogP contribution >= 0.6 is 11.3 Å². The molecule has 1 saturated heterocycles. The van der Waals surface area contributed by atoms with Gasteiger partial charge < -0.3 is 4.74 Å². The van der Waals surface area contributed by atoms with Crippen LogP contribution in [0.25, 0.3) is 11.3 Å². The van der Waals surface area contributed by atoms with Crippen LogP contribution in [-0.2, 0) is 29.4 Å². The number of ether oxygens (including phenoxy) is 1. The van der Waals surface area contributed by atoms with Crippen molar-refractivity contribution in [3.05, 3.63) is 16.8 Å². The molecule has 1 aliphatic carbocycles. The molecule has 0 radical (unpaired) electrons. The number of thiazole rings is 1. The highest BCUT2D eigenvalue weighted by molar-refractivity contribution is 7.16. The van der Waals surface area contributed by atoms with E-state index in [2.05, 4.69) is 5.10 Å². The van der Waals surface area contributed by atoms with E-state index in [4.69, 9.17) is 9.72 Å². The second-order valence-corrected chi connectivity index (χ2v) is 7.45. The quantitative estimate of drug-likeness (QED) is 0.854. The summed E-state index contributed by atoms with van der Waals surface area (Å²) in [6.07, 6.45) is 6.55. The van der Waals surface area contributed by atoms with E-state index < -0.39 is 0 Å². The molecule has 0 saturated carbocycles. The summed E-state index contributed by atoms with van der Waals surface area (Å²) in [4.78, 5) is 20.4. The van der Waals surface area contributed by atoms with Crippen molar-refractivity contribution in [3.63, 3.8) is 0 Å². The van der Waals surface area contributed by atoms with Crippen molar-refractivity contribution in [1.82, 2.24) is 14.8 Å². The molecule has 1 aliphatic heterocycles. The SMILES string of the molecule is CCC(=O)N(C[C@@H]1CCCO1)c1nc2c(s1)CCc1c-2cnn1C. The molecule has 1 amide bonds. The van der Waals surface area contributed by atoms with Crippen LogP contribution in [0.3, 0.4) is 0 Å². The maximum atomic E-state index is 12.5. The molecule has 2 aromatic rings. The number of amides is 1. The van der Waals surface area contributed by atoms with E-state index in [0.717, 1.165) is 48.7 Å². The van der Waals surface area contributed by atoms with Crippen molar-refractivity contribution < 1.29 is 9.53 Å². The van der Waals surface area contributed by atoms with Gasteiger partial charge in [-0.15, -0.1) is 11.3 Å². The third-order valence-electron chi connectivity index (χ3n) is 4.84. The molecule has 7 heteroatoms. The smallest absolute Gasteiger partial charge is 0.228 e. The van der Waals surface area contributed by atoms with Gasteiger partial charge in [0, 0.05) is 36.2 Å². The summed E-state index contributed by atoms with van der Waals surface area (Å²) in [5, 5.41) is 5.17. The number of fused-ring (bicyclic) bond motifs is 3. The number of aromatic nitrogens is 3. The Labute approximate surface area is 145 Å². The van der Waals surface area contributed by atoms with E-state index in [9.17, 15) is 4.79 Å². The number of hydrogen-bond donors (Lipinski definition) is 0. The zero-order valence-corrected chi connectivity index (χ0v) is 14.9. The summed E-state index contributed by atoms with van der Waals surface area (Å²) in [7, 11) is 1.97. The molecule has 3 heterocycles. The average molecular weight is 346 g/mol. The summed E-state index contributed by atoms with van der Waals surface area (Å²) in [6, 6.07) is 0. The number of anilines is 1. The van der Waals surface area contributed by atoms with Gasteiger partial charge in [0.25, 0.3) is 0 Å². The molecule has 0 unspecified atom stereocenters. The lowest BCUT2D eigenvalue weighted by Crippen LogP contribution is -2.37. The monoisotopic (exact) mass is 346 g/mol. The van der Waals surface area contributed by atoms with Crippen LogP contribution in [0.4, 0.5) is 5.13 Å². The first-order valence-corrected chi connectivity index (χ1v) is 9.42. The van der Waals surface area contributed by atoms with Crippen LogP contribution in [0, 0.1) is 0 Å². The van der Waals surface area contributed by atoms with Gasteiger partial charge in [0.1, 0.15) is 0 Å². The number of carbonyl (C=O) groups excluding carboxylic acids is 1. The summed E-state index contributed by atoms with van der Waals surface area (Å²) in [5.74, 6) is 0.114. The van der Waals surface area contributed by atoms with Gasteiger partial charge in [0.05, 0.1) is 24.5 Å². The fourth-order valence-electron chi connectivity index (χ4n) is 3.49. The molecule has 2 aliphatic rings. The Hall–Kier alpha value is -1.73. The number of nitrogens with zero attached hydrogens (tertiary/aromatic N) is 4. The second kappa shape index (κ2) is 6.29. The first-order chi connectivity index (χ1) is 11.7. The molecule has 1 fully saturated rings. The van der Waals surface area contributed by atoms with Crippen molar-refractivity contribution in [3.8, 4) is 11.3 Å². The molecule has 0 bridgehead atoms. The Balaban J connectivity index is 1.67. The molecule has 0 N–H and O–H groups in total. The van der Waals surface area contributed by atoms with Gasteiger partial charge in [-0.25, -0.2) is 4.98 Å². The van der Waals surface area contributed by atoms with Gasteiger partial charge in [-0.3, -0.25) is 14.4 Å². The Morgan fingerprint density at radius 3 is 3.12 bits per heavy atom. The normalized spacial score (nSPS) is 19.2. The Morgan fingerprint density at radius 2 is 2.38 bits per heavy atom. The van der Waals surface area contributed by atoms with Crippen LogP contribution in [0.15, 0.2) is 6.20 Å². The summed E-state index contributed by atoms with van der Waals surface area (Å²) < 4.78 is 7.66. The standard InChI is InChI=1S/C17H22N4O2S/c1-3-15(22)21(10-11-5-4-8-23-11)17-19-16-12-9-18-20(2)13(12)6-7-14(16)24-17/h9,11H,3-8,10H2,1-2H3/t11-/m0/s1. The predicted molar refractivity (Wildman–Crippen MR) is 93.3 cm³/mol. The lowest BCUT2D eigenvalue weighted by Gasteiger charge is -2.22. The van der Waals surface area contributed by atoms with Gasteiger partial charge >= 0.3 is 0 Å². The first-order valence-electron chi connectivity index (χ1n) is 8.60. The minimum Gasteiger partial charge on any atom is -0.376 e. The third kappa shape index (κ3) is 2.65. The van der Waals surface area contributed by atoms with Crippen LogP contribution in [0.5, 0.6) is 0 Å². The van der Waals surface area contributed by atoms with Gasteiger partial charge in [-0.05, 0) is 25.7 Å². The molecule has 2 aromatic heterocycles. The largest absolute Gasteiger partial charge is 0.376 e. The lowest BCUT2D eigenvalue weighted by atomic mass is 10.0. The molecule has 4 rings (SSSR count). The summed E-state index contributed by atoms with van der Waals surface area (Å²) in [6.45, 7) is 3.31. The molecule has 0 aromatic carbocycles. The van der Waals surface area contributed by atoms with Gasteiger partial charge in [-0.1, -0.05) is 6.92 Å². The lowest BCUT2D eigenvalue weighted by molar-refractivity contribution is -0.118. The molecule has 1 atom stereocenters. The van der Waals surface area contributed by atoms with Gasteiger partial charge in [0.2, 0.25) is 5.91 Å². The Kier molecular flexibility index (Phi) is 4.14. The van der Waals surface area contributed by atoms with E-state index in [1.54, 1.807) is 11.3 Å². The molecule has 24 heavy (non-hydrogen) atoms. The van der Waals surface area contributed by atoms with E-state index >= 15 is 0 Å². The third-order valence-corrected chi connectivity index (χ3v) is 5.97. The van der Waals surface area contributed by atoms with Gasteiger partial charge in [-0.2, -0.15) is 5.10 Å². The Bertz CT molecular complexity index is 761.